The number of aliphatic hydroxyl groups is 2. The van der Waals surface area contributed by atoms with Gasteiger partial charge in [-0.3, -0.25) is 13.9 Å². The van der Waals surface area contributed by atoms with Gasteiger partial charge in [-0.1, -0.05) is 12.1 Å². The number of rotatable bonds is 16. The molecule has 0 saturated carbocycles. The quantitative estimate of drug-likeness (QED) is 0.0549. The van der Waals surface area contributed by atoms with Crippen LogP contribution >= 0.6 is 0 Å². The highest BCUT2D eigenvalue weighted by molar-refractivity contribution is 7.86. The molecule has 6 rings (SSSR count). The first-order valence-electron chi connectivity index (χ1n) is 18.4. The first-order valence-corrected chi connectivity index (χ1v) is 22.3. The number of anilines is 1. The molecule has 1 aliphatic rings. The number of carboxylic acid groups (broad SMARTS) is 1. The van der Waals surface area contributed by atoms with Crippen molar-refractivity contribution in [3.63, 3.8) is 0 Å². The van der Waals surface area contributed by atoms with Gasteiger partial charge in [-0.2, -0.15) is 37.2 Å². The molecule has 0 fully saturated rings. The van der Waals surface area contributed by atoms with Crippen LogP contribution in [0.15, 0.2) is 124 Å². The van der Waals surface area contributed by atoms with Gasteiger partial charge in [0.05, 0.1) is 29.5 Å². The number of fused-ring (bicyclic) bond motifs is 1. The van der Waals surface area contributed by atoms with Gasteiger partial charge in [-0.15, -0.1) is 33.1 Å². The molecule has 25 nitrogen and oxygen atoms in total. The largest absolute Gasteiger partial charge is 0.505 e. The molecule has 66 heavy (non-hydrogen) atoms. The van der Waals surface area contributed by atoms with Crippen molar-refractivity contribution in [1.29, 1.82) is 0 Å². The van der Waals surface area contributed by atoms with Crippen LogP contribution in [0, 0.1) is 13.8 Å². The van der Waals surface area contributed by atoms with Gasteiger partial charge in [-0.05, 0) is 85.0 Å². The summed E-state index contributed by atoms with van der Waals surface area (Å²) in [6.45, 7) is 2.06. The highest BCUT2D eigenvalue weighted by Crippen LogP contribution is 2.44. The van der Waals surface area contributed by atoms with E-state index in [0.29, 0.717) is 21.9 Å². The number of hydrazone groups is 1. The smallest absolute Gasteiger partial charge is 0.425 e. The molecule has 1 atom stereocenters. The highest BCUT2D eigenvalue weighted by atomic mass is 32.2. The number of phenols is 1. The second-order valence-electron chi connectivity index (χ2n) is 13.2. The summed E-state index contributed by atoms with van der Waals surface area (Å²) in [7, 11) is -12.3. The maximum absolute atomic E-state index is 13.3. The molecule has 0 spiro atoms. The van der Waals surface area contributed by atoms with E-state index in [1.807, 2.05) is 0 Å². The van der Waals surface area contributed by atoms with E-state index in [-0.39, 0.29) is 64.6 Å². The molecule has 0 aliphatic carbocycles. The third-order valence-electron chi connectivity index (χ3n) is 8.84. The number of hydrogen-bond acceptors (Lipinski definition) is 21. The molecule has 5 aromatic rings. The number of nitrogens with zero attached hydrogens (tertiary/aromatic N) is 8. The number of carbonyl (C=O) groups is 2. The van der Waals surface area contributed by atoms with Crippen molar-refractivity contribution < 1.29 is 78.1 Å². The zero-order valence-electron chi connectivity index (χ0n) is 33.9. The van der Waals surface area contributed by atoms with Crippen molar-refractivity contribution >= 4 is 93.3 Å². The van der Waals surface area contributed by atoms with Crippen molar-refractivity contribution in [2.45, 2.75) is 29.7 Å². The van der Waals surface area contributed by atoms with E-state index < -0.39 is 77.5 Å². The molecule has 28 heteroatoms. The van der Waals surface area contributed by atoms with Crippen LogP contribution in [0.4, 0.5) is 34.1 Å². The predicted molar refractivity (Wildman–Crippen MR) is 228 cm³/mol. The number of aryl methyl sites for hydroxylation is 2. The van der Waals surface area contributed by atoms with Crippen LogP contribution in [-0.4, -0.2) is 109 Å². The fourth-order valence-corrected chi connectivity index (χ4v) is 7.03. The third kappa shape index (κ3) is 12.0. The Morgan fingerprint density at radius 1 is 0.712 bits per heavy atom. The number of azo groups is 3. The molecule has 0 saturated heterocycles. The van der Waals surface area contributed by atoms with Gasteiger partial charge in [-0.25, -0.2) is 4.79 Å². The first-order chi connectivity index (χ1) is 31.1. The van der Waals surface area contributed by atoms with E-state index in [0.717, 1.165) is 29.3 Å². The van der Waals surface area contributed by atoms with E-state index in [9.17, 15) is 56.0 Å². The Hall–Kier alpha value is -7.47. The van der Waals surface area contributed by atoms with E-state index in [1.54, 1.807) is 26.0 Å². The SMILES string of the molecule is Cc1ccc(N=Nc2cc(OCCO)c(N=Nc3ccc4c(C)c(N=NC5C(=O)N(c6ccc(S(=O)(=O)O)cc6)N=C5C(=O)O)ccc4c3O)cc2OCCO)c(S(=O)(=O)O)c1.O=S(=O)=O. The minimum absolute atomic E-state index is 0.00300. The first kappa shape index (κ1) is 49.5. The van der Waals surface area contributed by atoms with Crippen molar-refractivity contribution in [2.75, 3.05) is 31.4 Å². The van der Waals surface area contributed by atoms with Gasteiger partial charge < -0.3 is 29.9 Å². The topological polar surface area (TPSA) is 383 Å². The van der Waals surface area contributed by atoms with Gasteiger partial charge in [0, 0.05) is 17.5 Å². The average Bonchev–Trinajstić information content (AvgIpc) is 3.59. The van der Waals surface area contributed by atoms with E-state index >= 15 is 0 Å². The Labute approximate surface area is 374 Å². The summed E-state index contributed by atoms with van der Waals surface area (Å²) in [5.74, 6) is -2.76. The summed E-state index contributed by atoms with van der Waals surface area (Å²) in [4.78, 5) is 24.3. The zero-order valence-corrected chi connectivity index (χ0v) is 36.3. The fourth-order valence-electron chi connectivity index (χ4n) is 5.84. The molecule has 0 radical (unpaired) electrons. The number of carboxylic acids is 1. The van der Waals surface area contributed by atoms with Gasteiger partial charge in [0.25, 0.3) is 26.1 Å². The van der Waals surface area contributed by atoms with E-state index in [2.05, 4.69) is 35.8 Å². The lowest BCUT2D eigenvalue weighted by Crippen LogP contribution is -2.33. The lowest BCUT2D eigenvalue weighted by Gasteiger charge is -2.13. The van der Waals surface area contributed by atoms with E-state index in [1.165, 1.54) is 42.5 Å². The number of amides is 1. The van der Waals surface area contributed by atoms with Crippen LogP contribution in [0.25, 0.3) is 10.8 Å². The number of carbonyl (C=O) groups excluding carboxylic acids is 1. The minimum atomic E-state index is -4.67. The number of ether oxygens (including phenoxy) is 2. The molecule has 6 N–H and O–H groups in total. The highest BCUT2D eigenvalue weighted by Gasteiger charge is 2.41. The van der Waals surface area contributed by atoms with Crippen LogP contribution in [0.5, 0.6) is 17.2 Å². The van der Waals surface area contributed by atoms with Crippen LogP contribution in [-0.2, 0) is 40.4 Å². The van der Waals surface area contributed by atoms with Crippen molar-refractivity contribution in [3.05, 3.63) is 90.0 Å². The molecular formula is C38H34N8O17S3. The monoisotopic (exact) mass is 970 g/mol. The molecule has 1 unspecified atom stereocenters. The molecule has 0 aromatic heterocycles. The van der Waals surface area contributed by atoms with Crippen LogP contribution in [0.3, 0.4) is 0 Å². The molecule has 346 valence electrons. The molecule has 1 heterocycles. The lowest BCUT2D eigenvalue weighted by molar-refractivity contribution is -0.130. The molecule has 1 aliphatic heterocycles. The zero-order chi connectivity index (χ0) is 48.5. The maximum Gasteiger partial charge on any atom is 0.425 e. The number of aliphatic hydroxyl groups excluding tert-OH is 2. The van der Waals surface area contributed by atoms with Gasteiger partial charge in [0.1, 0.15) is 52.4 Å². The number of hydrogen-bond donors (Lipinski definition) is 6. The summed E-state index contributed by atoms with van der Waals surface area (Å²) >= 11 is 0. The summed E-state index contributed by atoms with van der Waals surface area (Å²) in [6, 6.07) is 15.4. The van der Waals surface area contributed by atoms with Crippen LogP contribution in [0.1, 0.15) is 11.1 Å². The van der Waals surface area contributed by atoms with Crippen molar-refractivity contribution in [2.24, 2.45) is 35.8 Å². The van der Waals surface area contributed by atoms with Crippen LogP contribution < -0.4 is 14.5 Å². The molecule has 1 amide bonds. The molecule has 5 aromatic carbocycles. The number of phenolic OH excluding ortho intramolecular Hbond substituents is 1. The van der Waals surface area contributed by atoms with E-state index in [4.69, 9.17) is 22.1 Å². The number of benzene rings is 5. The number of aromatic hydroxyl groups is 1. The molecule has 0 bridgehead atoms. The summed E-state index contributed by atoms with van der Waals surface area (Å²) in [6.07, 6.45) is 0. The third-order valence-corrected chi connectivity index (χ3v) is 10.6. The minimum Gasteiger partial charge on any atom is -0.505 e. The second kappa shape index (κ2) is 21.0. The normalized spacial score (nSPS) is 14.2. The summed E-state index contributed by atoms with van der Waals surface area (Å²) in [5.41, 5.74) is 0.355. The molecular weight excluding hydrogens is 937 g/mol. The number of aliphatic carboxylic acids is 1. The standard InChI is InChI=1S/C38H34N8O14S2.O3S/c1-20-3-10-27(33(17-20)62(56,57)58)40-42-29-18-32(60-16-14-48)30(19-31(29)59-15-13-47)43-41-28-12-8-24-21(2)26(11-9-25(24)36(28)49)39-44-34-35(38(51)52)45-46(37(34)50)22-4-6-23(7-5-22)61(53,54)55;1-4(2)3/h3-12,17-19,34,47-49H,13-16H2,1-2H3,(H,51,52)(H,53,54,55)(H,56,57,58);. The lowest BCUT2D eigenvalue weighted by atomic mass is 10.0. The fraction of sp³-hybridized carbons (Fsp3) is 0.184. The summed E-state index contributed by atoms with van der Waals surface area (Å²) < 4.78 is 102. The Morgan fingerprint density at radius 3 is 1.76 bits per heavy atom. The Balaban J connectivity index is 0.00000196. The summed E-state index contributed by atoms with van der Waals surface area (Å²) in [5, 5.41) is 69.9. The predicted octanol–water partition coefficient (Wildman–Crippen LogP) is 5.16. The second-order valence-corrected chi connectivity index (χ2v) is 16.5. The Morgan fingerprint density at radius 2 is 1.23 bits per heavy atom. The van der Waals surface area contributed by atoms with Crippen molar-refractivity contribution in [1.82, 2.24) is 0 Å². The maximum atomic E-state index is 13.3. The van der Waals surface area contributed by atoms with Gasteiger partial charge >= 0.3 is 16.6 Å². The average molecular weight is 971 g/mol. The van der Waals surface area contributed by atoms with Crippen molar-refractivity contribution in [3.8, 4) is 17.2 Å². The Bertz CT molecular complexity index is 3180. The van der Waals surface area contributed by atoms with Crippen LogP contribution in [0.2, 0.25) is 0 Å². The van der Waals surface area contributed by atoms with Gasteiger partial charge in [0.2, 0.25) is 6.04 Å². The van der Waals surface area contributed by atoms with Gasteiger partial charge in [0.15, 0.2) is 11.5 Å². The Kier molecular flexibility index (Phi) is 15.8.